The Bertz CT molecular complexity index is 650. The summed E-state index contributed by atoms with van der Waals surface area (Å²) in [7, 11) is 0. The van der Waals surface area contributed by atoms with Crippen molar-refractivity contribution in [1.82, 2.24) is 31.4 Å². The fourth-order valence-corrected chi connectivity index (χ4v) is 2.29. The minimum Gasteiger partial charge on any atom is -0.759 e. The van der Waals surface area contributed by atoms with E-state index in [1.165, 1.54) is 11.0 Å². The van der Waals surface area contributed by atoms with Gasteiger partial charge in [0.15, 0.2) is 7.91 Å². The Balaban J connectivity index is 0. The van der Waals surface area contributed by atoms with Crippen LogP contribution in [0.4, 0.5) is 0 Å². The minimum absolute atomic E-state index is 0. The van der Waals surface area contributed by atoms with Crippen LogP contribution in [0.1, 0.15) is 19.6 Å². The number of amides is 2. The third-order valence-electron chi connectivity index (χ3n) is 1.45. The standard InChI is InChI=1S/2C3H2N3O2S2.2K/c2*7-1(6-8)2-4-5-3(9)10-2;;/h2*(H2-,4,5,6,7,8,9);;/q2*-1;2*+1. The quantitative estimate of drug-likeness (QED) is 0.209. The first-order chi connectivity index (χ1) is 9.47. The number of hydroxylamine groups is 2. The van der Waals surface area contributed by atoms with Crippen LogP contribution in [0.25, 0.3) is 0 Å². The van der Waals surface area contributed by atoms with Gasteiger partial charge >= 0.3 is 103 Å². The fraction of sp³-hybridized carbons (Fsp3) is 0. The van der Waals surface area contributed by atoms with Gasteiger partial charge in [-0.05, 0) is 24.4 Å². The number of aromatic amines is 2. The van der Waals surface area contributed by atoms with Gasteiger partial charge in [-0.2, -0.15) is 10.2 Å². The van der Waals surface area contributed by atoms with Gasteiger partial charge in [-0.3, -0.25) is 19.8 Å². The maximum absolute atomic E-state index is 10.5. The number of aromatic nitrogens is 4. The molecule has 0 aliphatic carbocycles. The van der Waals surface area contributed by atoms with E-state index in [1.807, 2.05) is 0 Å². The molecule has 0 atom stereocenters. The Hall–Kier alpha value is 1.69. The molecular weight excluding hydrogens is 427 g/mol. The van der Waals surface area contributed by atoms with Crippen LogP contribution in [0.2, 0.25) is 0 Å². The van der Waals surface area contributed by atoms with E-state index in [9.17, 15) is 20.0 Å². The van der Waals surface area contributed by atoms with E-state index < -0.39 is 11.8 Å². The van der Waals surface area contributed by atoms with Crippen LogP contribution in [0.5, 0.6) is 0 Å². The predicted octanol–water partition coefficient (Wildman–Crippen LogP) is -5.14. The maximum atomic E-state index is 10.5. The summed E-state index contributed by atoms with van der Waals surface area (Å²) in [5, 5.41) is 31.3. The molecule has 22 heavy (non-hydrogen) atoms. The van der Waals surface area contributed by atoms with Crippen molar-refractivity contribution in [3.63, 3.8) is 0 Å². The summed E-state index contributed by atoms with van der Waals surface area (Å²) in [6.45, 7) is 0. The van der Waals surface area contributed by atoms with Gasteiger partial charge in [0.25, 0.3) is 11.8 Å². The van der Waals surface area contributed by atoms with Crippen molar-refractivity contribution in [3.05, 3.63) is 28.3 Å². The largest absolute Gasteiger partial charge is 1.00 e. The molecule has 2 heterocycles. The smallest absolute Gasteiger partial charge is 0.759 e. The zero-order valence-electron chi connectivity index (χ0n) is 11.2. The van der Waals surface area contributed by atoms with E-state index in [1.54, 1.807) is 0 Å². The molecule has 0 saturated heterocycles. The van der Waals surface area contributed by atoms with Crippen molar-refractivity contribution in [2.75, 3.05) is 0 Å². The Morgan fingerprint density at radius 2 is 1.23 bits per heavy atom. The number of rotatable bonds is 2. The summed E-state index contributed by atoms with van der Waals surface area (Å²) in [6, 6.07) is 0. The molecule has 2 aromatic heterocycles. The molecule has 0 aromatic carbocycles. The number of H-pyrrole nitrogens is 2. The molecule has 2 amide bonds. The molecule has 0 radical (unpaired) electrons. The van der Waals surface area contributed by atoms with Crippen molar-refractivity contribution in [2.24, 2.45) is 0 Å². The van der Waals surface area contributed by atoms with E-state index in [0.717, 1.165) is 22.7 Å². The Kier molecular flexibility index (Phi) is 16.4. The second-order valence-corrected chi connectivity index (χ2v) is 6.03. The molecule has 16 heteroatoms. The van der Waals surface area contributed by atoms with Gasteiger partial charge in [0.05, 0.1) is 0 Å². The van der Waals surface area contributed by atoms with E-state index in [0.29, 0.717) is 7.91 Å². The van der Waals surface area contributed by atoms with Gasteiger partial charge in [-0.25, -0.2) is 0 Å². The van der Waals surface area contributed by atoms with Gasteiger partial charge in [-0.1, -0.05) is 22.7 Å². The second-order valence-electron chi connectivity index (χ2n) is 2.70. The number of hydrogen-bond donors (Lipinski definition) is 4. The molecule has 2 rings (SSSR count). The Labute approximate surface area is 226 Å². The van der Waals surface area contributed by atoms with E-state index in [2.05, 4.69) is 44.8 Å². The number of hydrogen-bond acceptors (Lipinski definition) is 10. The minimum atomic E-state index is -0.766. The molecule has 10 nitrogen and oxygen atoms in total. The van der Waals surface area contributed by atoms with Crippen molar-refractivity contribution >= 4 is 58.9 Å². The Morgan fingerprint density at radius 3 is 1.41 bits per heavy atom. The van der Waals surface area contributed by atoms with Crippen LogP contribution in [0.15, 0.2) is 0 Å². The van der Waals surface area contributed by atoms with Crippen molar-refractivity contribution < 1.29 is 112 Å². The predicted molar refractivity (Wildman–Crippen MR) is 76.3 cm³/mol. The van der Waals surface area contributed by atoms with Gasteiger partial charge in [-0.15, -0.1) is 0 Å². The Morgan fingerprint density at radius 1 is 0.909 bits per heavy atom. The molecule has 0 aliphatic rings. The summed E-state index contributed by atoms with van der Waals surface area (Å²) >= 11 is 11.1. The van der Waals surface area contributed by atoms with Crippen LogP contribution in [0, 0.1) is 18.3 Å². The van der Waals surface area contributed by atoms with Gasteiger partial charge in [0.1, 0.15) is 0 Å². The van der Waals surface area contributed by atoms with Crippen LogP contribution in [0.3, 0.4) is 0 Å². The zero-order chi connectivity index (χ0) is 15.1. The number of nitrogens with one attached hydrogen (secondary N) is 4. The number of carbonyl (C=O) groups is 2. The zero-order valence-corrected chi connectivity index (χ0v) is 20.7. The third-order valence-corrected chi connectivity index (χ3v) is 3.63. The van der Waals surface area contributed by atoms with E-state index in [-0.39, 0.29) is 113 Å². The second kappa shape index (κ2) is 13.9. The average molecular weight is 431 g/mol. The van der Waals surface area contributed by atoms with Gasteiger partial charge in [0, 0.05) is 0 Å². The first-order valence-electron chi connectivity index (χ1n) is 4.44. The molecular formula is C6H4K2N6O4S4. The molecule has 108 valence electrons. The van der Waals surface area contributed by atoms with Crippen LogP contribution >= 0.6 is 47.1 Å². The fourth-order valence-electron chi connectivity index (χ4n) is 0.741. The molecule has 0 spiro atoms. The molecule has 0 aliphatic heterocycles. The molecule has 0 fully saturated rings. The average Bonchev–Trinajstić information content (AvgIpc) is 3.06. The van der Waals surface area contributed by atoms with Gasteiger partial charge < -0.3 is 21.4 Å². The summed E-state index contributed by atoms with van der Waals surface area (Å²) in [6.07, 6.45) is 0. The third kappa shape index (κ3) is 9.25. The van der Waals surface area contributed by atoms with Crippen molar-refractivity contribution in [1.29, 1.82) is 0 Å². The van der Waals surface area contributed by atoms with Crippen molar-refractivity contribution in [3.8, 4) is 0 Å². The summed E-state index contributed by atoms with van der Waals surface area (Å²) in [4.78, 5) is 21.0. The van der Waals surface area contributed by atoms with Crippen LogP contribution in [-0.4, -0.2) is 32.2 Å². The summed E-state index contributed by atoms with van der Waals surface area (Å²) in [5.74, 6) is -1.53. The SMILES string of the molecule is O=C(N[O-])c1n[nH]c(=S)s1.O=C(N[O-])c1n[nH]c(=S)s1.[K+].[K+]. The van der Waals surface area contributed by atoms with Gasteiger partial charge in [0.2, 0.25) is 10.0 Å². The number of nitrogens with zero attached hydrogens (tertiary/aromatic N) is 2. The van der Waals surface area contributed by atoms with E-state index in [4.69, 9.17) is 0 Å². The number of carbonyl (C=O) groups excluding carboxylic acids is 2. The normalized spacial score (nSPS) is 8.45. The topological polar surface area (TPSA) is 162 Å². The molecule has 0 saturated carbocycles. The monoisotopic (exact) mass is 430 g/mol. The molecule has 0 bridgehead atoms. The first-order valence-corrected chi connectivity index (χ1v) is 6.89. The molecule has 0 unspecified atom stereocenters. The maximum Gasteiger partial charge on any atom is 1.00 e. The van der Waals surface area contributed by atoms with Crippen molar-refractivity contribution in [2.45, 2.75) is 0 Å². The van der Waals surface area contributed by atoms with E-state index >= 15 is 0 Å². The molecule has 4 N–H and O–H groups in total. The first kappa shape index (κ1) is 25.9. The van der Waals surface area contributed by atoms with Crippen LogP contribution < -0.4 is 114 Å². The summed E-state index contributed by atoms with van der Waals surface area (Å²) < 4.78 is 0.747. The van der Waals surface area contributed by atoms with Crippen LogP contribution in [-0.2, 0) is 0 Å². The molecule has 2 aromatic rings. The summed E-state index contributed by atoms with van der Waals surface area (Å²) in [5.41, 5.74) is 2.37.